The van der Waals surface area contributed by atoms with Gasteiger partial charge in [0.15, 0.2) is 0 Å². The Morgan fingerprint density at radius 1 is 1.29 bits per heavy atom. The Kier molecular flexibility index (Phi) is 6.84. The average molecular weight is 449 g/mol. The molecule has 10 heteroatoms. The lowest BCUT2D eigenvalue weighted by Gasteiger charge is -2.40. The summed E-state index contributed by atoms with van der Waals surface area (Å²) in [6.45, 7) is 3.29. The number of aromatic amines is 1. The van der Waals surface area contributed by atoms with Crippen LogP contribution in [0.5, 0.6) is 5.75 Å². The number of carbonyl (C=O) groups excluding carboxylic acids is 2. The first-order valence-electron chi connectivity index (χ1n) is 9.90. The van der Waals surface area contributed by atoms with Crippen molar-refractivity contribution in [2.24, 2.45) is 5.41 Å². The Morgan fingerprint density at radius 2 is 2.06 bits per heavy atom. The van der Waals surface area contributed by atoms with E-state index in [4.69, 9.17) is 16.3 Å². The molecule has 2 heterocycles. The fraction of sp³-hybridized carbons (Fsp3) is 0.429. The van der Waals surface area contributed by atoms with E-state index in [0.29, 0.717) is 36.0 Å². The molecule has 0 aliphatic carbocycles. The number of aromatic nitrogens is 2. The number of rotatable bonds is 6. The van der Waals surface area contributed by atoms with Crippen molar-refractivity contribution in [2.75, 3.05) is 26.7 Å². The van der Waals surface area contributed by atoms with Gasteiger partial charge in [-0.2, -0.15) is 0 Å². The molecule has 2 amide bonds. The van der Waals surface area contributed by atoms with Gasteiger partial charge in [0, 0.05) is 42.9 Å². The van der Waals surface area contributed by atoms with Crippen molar-refractivity contribution in [2.45, 2.75) is 26.3 Å². The lowest BCUT2D eigenvalue weighted by molar-refractivity contribution is -0.122. The number of ether oxygens (including phenoxy) is 1. The molecule has 1 saturated heterocycles. The summed E-state index contributed by atoms with van der Waals surface area (Å²) in [5.41, 5.74) is -0.969. The van der Waals surface area contributed by atoms with Gasteiger partial charge in [-0.25, -0.2) is 4.79 Å². The quantitative estimate of drug-likeness (QED) is 0.690. The number of nitrogens with one attached hydrogen (secondary N) is 2. The van der Waals surface area contributed by atoms with Crippen molar-refractivity contribution in [1.29, 1.82) is 0 Å². The summed E-state index contributed by atoms with van der Waals surface area (Å²) < 4.78 is 6.33. The highest BCUT2D eigenvalue weighted by Crippen LogP contribution is 2.31. The molecule has 1 unspecified atom stereocenters. The summed E-state index contributed by atoms with van der Waals surface area (Å²) in [7, 11) is 1.50. The van der Waals surface area contributed by atoms with E-state index in [1.807, 2.05) is 6.92 Å². The number of halogens is 1. The van der Waals surface area contributed by atoms with Crippen molar-refractivity contribution < 1.29 is 14.3 Å². The van der Waals surface area contributed by atoms with Crippen LogP contribution in [0.2, 0.25) is 5.02 Å². The SMILES string of the molecule is COc1cc(C(=O)N2CCCC(C)(CNC(=O)Cn3ccc(=O)[nH]c3=O)C2)ccc1Cl. The number of amides is 2. The third-order valence-corrected chi connectivity index (χ3v) is 5.70. The predicted molar refractivity (Wildman–Crippen MR) is 116 cm³/mol. The lowest BCUT2D eigenvalue weighted by atomic mass is 9.81. The summed E-state index contributed by atoms with van der Waals surface area (Å²) in [5.74, 6) is -0.0228. The van der Waals surface area contributed by atoms with E-state index in [-0.39, 0.29) is 23.8 Å². The molecule has 3 rings (SSSR count). The minimum atomic E-state index is -0.637. The molecule has 1 fully saturated rings. The zero-order chi connectivity index (χ0) is 22.6. The molecule has 1 aromatic heterocycles. The topological polar surface area (TPSA) is 114 Å². The number of nitrogens with zero attached hydrogens (tertiary/aromatic N) is 2. The van der Waals surface area contributed by atoms with E-state index in [9.17, 15) is 19.2 Å². The number of benzene rings is 1. The second kappa shape index (κ2) is 9.38. The maximum atomic E-state index is 13.0. The maximum Gasteiger partial charge on any atom is 0.328 e. The number of H-pyrrole nitrogens is 1. The molecule has 1 aliphatic rings. The minimum absolute atomic E-state index is 0.119. The van der Waals surface area contributed by atoms with Crippen LogP contribution in [0.4, 0.5) is 0 Å². The molecule has 0 bridgehead atoms. The van der Waals surface area contributed by atoms with Crippen LogP contribution in [0, 0.1) is 5.41 Å². The van der Waals surface area contributed by atoms with E-state index < -0.39 is 11.2 Å². The number of hydrogen-bond acceptors (Lipinski definition) is 5. The Labute approximate surface area is 184 Å². The number of methoxy groups -OCH3 is 1. The lowest BCUT2D eigenvalue weighted by Crippen LogP contribution is -2.50. The van der Waals surface area contributed by atoms with E-state index >= 15 is 0 Å². The van der Waals surface area contributed by atoms with Crippen LogP contribution in [-0.4, -0.2) is 53.0 Å². The third-order valence-electron chi connectivity index (χ3n) is 5.39. The first-order chi connectivity index (χ1) is 14.7. The zero-order valence-corrected chi connectivity index (χ0v) is 18.2. The molecule has 31 heavy (non-hydrogen) atoms. The molecule has 2 N–H and O–H groups in total. The molecule has 9 nitrogen and oxygen atoms in total. The predicted octanol–water partition coefficient (Wildman–Crippen LogP) is 1.26. The second-order valence-corrected chi connectivity index (χ2v) is 8.41. The molecular formula is C21H25ClN4O5. The zero-order valence-electron chi connectivity index (χ0n) is 17.4. The largest absolute Gasteiger partial charge is 0.495 e. The van der Waals surface area contributed by atoms with Gasteiger partial charge < -0.3 is 15.0 Å². The van der Waals surface area contributed by atoms with Gasteiger partial charge in [-0.1, -0.05) is 18.5 Å². The fourth-order valence-corrected chi connectivity index (χ4v) is 3.89. The highest BCUT2D eigenvalue weighted by Gasteiger charge is 2.34. The summed E-state index contributed by atoms with van der Waals surface area (Å²) in [5, 5.41) is 3.28. The summed E-state index contributed by atoms with van der Waals surface area (Å²) in [6.07, 6.45) is 2.94. The molecule has 166 valence electrons. The van der Waals surface area contributed by atoms with Crippen molar-refractivity contribution in [3.63, 3.8) is 0 Å². The van der Waals surface area contributed by atoms with Gasteiger partial charge in [0.05, 0.1) is 12.1 Å². The van der Waals surface area contributed by atoms with Crippen LogP contribution in [0.3, 0.4) is 0 Å². The fourth-order valence-electron chi connectivity index (χ4n) is 3.70. The Bertz CT molecular complexity index is 1100. The molecule has 1 aliphatic heterocycles. The van der Waals surface area contributed by atoms with Gasteiger partial charge in [0.2, 0.25) is 5.91 Å². The van der Waals surface area contributed by atoms with Crippen LogP contribution in [-0.2, 0) is 11.3 Å². The second-order valence-electron chi connectivity index (χ2n) is 8.01. The van der Waals surface area contributed by atoms with Gasteiger partial charge in [-0.05, 0) is 31.0 Å². The molecule has 0 spiro atoms. The highest BCUT2D eigenvalue weighted by molar-refractivity contribution is 6.32. The van der Waals surface area contributed by atoms with Gasteiger partial charge in [0.1, 0.15) is 12.3 Å². The van der Waals surface area contributed by atoms with Crippen molar-refractivity contribution in [1.82, 2.24) is 19.8 Å². The summed E-state index contributed by atoms with van der Waals surface area (Å²) in [4.78, 5) is 52.0. The van der Waals surface area contributed by atoms with E-state index in [2.05, 4.69) is 10.3 Å². The number of carbonyl (C=O) groups is 2. The van der Waals surface area contributed by atoms with Gasteiger partial charge >= 0.3 is 5.69 Å². The average Bonchev–Trinajstić information content (AvgIpc) is 2.74. The van der Waals surface area contributed by atoms with Gasteiger partial charge in [-0.3, -0.25) is 23.9 Å². The first-order valence-corrected chi connectivity index (χ1v) is 10.3. The third kappa shape index (κ3) is 5.55. The minimum Gasteiger partial charge on any atom is -0.495 e. The van der Waals surface area contributed by atoms with Crippen molar-refractivity contribution in [3.05, 3.63) is 61.9 Å². The van der Waals surface area contributed by atoms with E-state index in [1.54, 1.807) is 23.1 Å². The number of likely N-dealkylation sites (tertiary alicyclic amines) is 1. The summed E-state index contributed by atoms with van der Waals surface area (Å²) >= 11 is 6.05. The Morgan fingerprint density at radius 3 is 2.77 bits per heavy atom. The molecule has 2 aromatic rings. The summed E-state index contributed by atoms with van der Waals surface area (Å²) in [6, 6.07) is 6.12. The van der Waals surface area contributed by atoms with Crippen LogP contribution in [0.15, 0.2) is 40.1 Å². The maximum absolute atomic E-state index is 13.0. The number of hydrogen-bond donors (Lipinski definition) is 2. The first kappa shape index (κ1) is 22.6. The molecular weight excluding hydrogens is 424 g/mol. The molecule has 1 aromatic carbocycles. The van der Waals surface area contributed by atoms with Crippen LogP contribution < -0.4 is 21.3 Å². The normalized spacial score (nSPS) is 18.5. The van der Waals surface area contributed by atoms with Crippen LogP contribution in [0.1, 0.15) is 30.1 Å². The van der Waals surface area contributed by atoms with Crippen LogP contribution >= 0.6 is 11.6 Å². The standard InChI is InChI=1S/C21H25ClN4O5/c1-21(12-23-18(28)11-25-9-6-17(27)24-20(25)30)7-3-8-26(13-21)19(29)14-4-5-15(22)16(10-14)31-2/h4-6,9-10H,3,7-8,11-13H2,1-2H3,(H,23,28)(H,24,27,30). The smallest absolute Gasteiger partial charge is 0.328 e. The Hall–Kier alpha value is -3.07. The highest BCUT2D eigenvalue weighted by atomic mass is 35.5. The Balaban J connectivity index is 1.62. The van der Waals surface area contributed by atoms with Gasteiger partial charge in [-0.15, -0.1) is 0 Å². The van der Waals surface area contributed by atoms with Gasteiger partial charge in [0.25, 0.3) is 11.5 Å². The molecule has 1 atom stereocenters. The molecule has 0 saturated carbocycles. The van der Waals surface area contributed by atoms with E-state index in [1.165, 1.54) is 19.4 Å². The molecule has 0 radical (unpaired) electrons. The monoisotopic (exact) mass is 448 g/mol. The number of piperidine rings is 1. The van der Waals surface area contributed by atoms with Crippen LogP contribution in [0.25, 0.3) is 0 Å². The van der Waals surface area contributed by atoms with Crippen molar-refractivity contribution in [3.8, 4) is 5.75 Å². The van der Waals surface area contributed by atoms with E-state index in [0.717, 1.165) is 17.4 Å². The van der Waals surface area contributed by atoms with Crippen molar-refractivity contribution >= 4 is 23.4 Å².